The molecule has 0 saturated heterocycles. The summed E-state index contributed by atoms with van der Waals surface area (Å²) in [6, 6.07) is 3.77. The predicted molar refractivity (Wildman–Crippen MR) is 90.6 cm³/mol. The molecule has 0 saturated carbocycles. The van der Waals surface area contributed by atoms with Crippen molar-refractivity contribution in [1.29, 1.82) is 0 Å². The van der Waals surface area contributed by atoms with E-state index in [1.165, 1.54) is 0 Å². The van der Waals surface area contributed by atoms with Gasteiger partial charge in [0, 0.05) is 12.1 Å². The van der Waals surface area contributed by atoms with E-state index in [4.69, 9.17) is 5.73 Å². The van der Waals surface area contributed by atoms with Gasteiger partial charge in [0.1, 0.15) is 0 Å². The lowest BCUT2D eigenvalue weighted by molar-refractivity contribution is 0.391. The number of hydrogen-bond donors (Lipinski definition) is 2. The summed E-state index contributed by atoms with van der Waals surface area (Å²) < 4.78 is 27.7. The Labute approximate surface area is 135 Å². The van der Waals surface area contributed by atoms with Crippen molar-refractivity contribution in [1.82, 2.24) is 4.72 Å². The molecule has 3 N–H and O–H groups in total. The summed E-state index contributed by atoms with van der Waals surface area (Å²) in [5.74, 6) is 0. The van der Waals surface area contributed by atoms with Crippen LogP contribution in [0.4, 0.5) is 0 Å². The quantitative estimate of drug-likeness (QED) is 0.840. The van der Waals surface area contributed by atoms with Crippen molar-refractivity contribution in [2.45, 2.75) is 57.9 Å². The molecular weight excluding hydrogens is 308 g/mol. The molecule has 0 aliphatic rings. The highest BCUT2D eigenvalue weighted by molar-refractivity contribution is 7.89. The maximum absolute atomic E-state index is 12.5. The molecular formula is C15H27ClN2O2S. The van der Waals surface area contributed by atoms with E-state index < -0.39 is 15.6 Å². The van der Waals surface area contributed by atoms with E-state index >= 15 is 0 Å². The average molecular weight is 335 g/mol. The first-order valence-corrected chi connectivity index (χ1v) is 8.50. The van der Waals surface area contributed by atoms with Gasteiger partial charge in [-0.05, 0) is 44.7 Å². The van der Waals surface area contributed by atoms with Gasteiger partial charge in [0.25, 0.3) is 0 Å². The fraction of sp³-hybridized carbons (Fsp3) is 0.600. The Morgan fingerprint density at radius 1 is 1.10 bits per heavy atom. The monoisotopic (exact) mass is 334 g/mol. The average Bonchev–Trinajstić information content (AvgIpc) is 2.34. The number of nitrogens with one attached hydrogen (secondary N) is 1. The van der Waals surface area contributed by atoms with E-state index in [2.05, 4.69) is 4.72 Å². The largest absolute Gasteiger partial charge is 0.324 e. The summed E-state index contributed by atoms with van der Waals surface area (Å²) in [4.78, 5) is 0.373. The van der Waals surface area contributed by atoms with Gasteiger partial charge in [-0.25, -0.2) is 13.1 Å². The summed E-state index contributed by atoms with van der Waals surface area (Å²) in [6.07, 6.45) is 1.47. The lowest BCUT2D eigenvalue weighted by atomic mass is 9.95. The number of nitrogens with two attached hydrogens (primary N) is 1. The number of hydrogen-bond acceptors (Lipinski definition) is 3. The Balaban J connectivity index is 0.00000400. The maximum Gasteiger partial charge on any atom is 0.241 e. The van der Waals surface area contributed by atoms with Crippen molar-refractivity contribution < 1.29 is 8.42 Å². The number of halogens is 1. The minimum absolute atomic E-state index is 0. The second-order valence-corrected chi connectivity index (χ2v) is 7.33. The van der Waals surface area contributed by atoms with E-state index in [1.807, 2.05) is 46.8 Å². The fourth-order valence-corrected chi connectivity index (χ4v) is 3.99. The van der Waals surface area contributed by atoms with Gasteiger partial charge >= 0.3 is 0 Å². The SMILES string of the molecule is CCC(N)(CC)CNS(=O)(=O)c1c(C)cc(C)cc1C.Cl. The molecule has 0 spiro atoms. The molecule has 4 nitrogen and oxygen atoms in total. The van der Waals surface area contributed by atoms with Crippen LogP contribution in [0.3, 0.4) is 0 Å². The van der Waals surface area contributed by atoms with Crippen molar-refractivity contribution in [3.05, 3.63) is 28.8 Å². The third-order valence-corrected chi connectivity index (χ3v) is 5.60. The molecule has 122 valence electrons. The van der Waals surface area contributed by atoms with E-state index in [9.17, 15) is 8.42 Å². The van der Waals surface area contributed by atoms with Gasteiger partial charge in [0.15, 0.2) is 0 Å². The number of benzene rings is 1. The molecule has 0 aliphatic carbocycles. The summed E-state index contributed by atoms with van der Waals surface area (Å²) in [5, 5.41) is 0. The smallest absolute Gasteiger partial charge is 0.241 e. The van der Waals surface area contributed by atoms with Gasteiger partial charge in [0.05, 0.1) is 4.90 Å². The van der Waals surface area contributed by atoms with Crippen molar-refractivity contribution >= 4 is 22.4 Å². The fourth-order valence-electron chi connectivity index (χ4n) is 2.40. The molecule has 0 heterocycles. The van der Waals surface area contributed by atoms with Crippen LogP contribution in [-0.2, 0) is 10.0 Å². The zero-order valence-corrected chi connectivity index (χ0v) is 15.1. The van der Waals surface area contributed by atoms with Crippen molar-refractivity contribution in [2.24, 2.45) is 5.73 Å². The van der Waals surface area contributed by atoms with Gasteiger partial charge in [-0.2, -0.15) is 0 Å². The summed E-state index contributed by atoms with van der Waals surface area (Å²) in [5.41, 5.74) is 8.27. The molecule has 0 bridgehead atoms. The van der Waals surface area contributed by atoms with Crippen LogP contribution in [0.15, 0.2) is 17.0 Å². The molecule has 1 rings (SSSR count). The minimum atomic E-state index is -3.52. The van der Waals surface area contributed by atoms with E-state index in [-0.39, 0.29) is 19.0 Å². The maximum atomic E-state index is 12.5. The molecule has 0 aliphatic heterocycles. The Kier molecular flexibility index (Phi) is 7.36. The van der Waals surface area contributed by atoms with Crippen LogP contribution in [0.5, 0.6) is 0 Å². The molecule has 0 amide bonds. The zero-order valence-electron chi connectivity index (χ0n) is 13.5. The van der Waals surface area contributed by atoms with Crippen molar-refractivity contribution in [3.63, 3.8) is 0 Å². The van der Waals surface area contributed by atoms with Gasteiger partial charge in [-0.1, -0.05) is 31.5 Å². The normalized spacial score (nSPS) is 12.1. The molecule has 0 unspecified atom stereocenters. The summed E-state index contributed by atoms with van der Waals surface area (Å²) in [7, 11) is -3.52. The second-order valence-electron chi connectivity index (χ2n) is 5.62. The standard InChI is InChI=1S/C15H26N2O2S.ClH/c1-6-15(16,7-2)10-17-20(18,19)14-12(4)8-11(3)9-13(14)5;/h8-9,17H,6-7,10,16H2,1-5H3;1H. The van der Waals surface area contributed by atoms with Crippen LogP contribution in [0.1, 0.15) is 43.4 Å². The van der Waals surface area contributed by atoms with Crippen molar-refractivity contribution in [3.8, 4) is 0 Å². The highest BCUT2D eigenvalue weighted by Crippen LogP contribution is 2.22. The molecule has 0 fully saturated rings. The van der Waals surface area contributed by atoms with E-state index in [0.717, 1.165) is 29.5 Å². The molecule has 0 aromatic heterocycles. The Bertz CT molecular complexity index is 558. The lowest BCUT2D eigenvalue weighted by Crippen LogP contribution is -2.49. The first kappa shape index (κ1) is 20.4. The zero-order chi connectivity index (χ0) is 15.6. The van der Waals surface area contributed by atoms with Gasteiger partial charge in [-0.3, -0.25) is 0 Å². The Hall–Kier alpha value is -0.620. The molecule has 1 aromatic rings. The van der Waals surface area contributed by atoms with Crippen LogP contribution in [0.2, 0.25) is 0 Å². The van der Waals surface area contributed by atoms with Crippen LogP contribution in [0.25, 0.3) is 0 Å². The third-order valence-electron chi connectivity index (χ3n) is 3.90. The topological polar surface area (TPSA) is 72.2 Å². The summed E-state index contributed by atoms with van der Waals surface area (Å²) >= 11 is 0. The molecule has 1 aromatic carbocycles. The number of rotatable bonds is 6. The van der Waals surface area contributed by atoms with Crippen LogP contribution < -0.4 is 10.5 Å². The first-order chi connectivity index (χ1) is 9.15. The van der Waals surface area contributed by atoms with E-state index in [0.29, 0.717) is 4.90 Å². The van der Waals surface area contributed by atoms with Crippen molar-refractivity contribution in [2.75, 3.05) is 6.54 Å². The van der Waals surface area contributed by atoms with Crippen LogP contribution >= 0.6 is 12.4 Å². The van der Waals surface area contributed by atoms with E-state index in [1.54, 1.807) is 0 Å². The molecule has 0 radical (unpaired) electrons. The van der Waals surface area contributed by atoms with Crippen LogP contribution in [0, 0.1) is 20.8 Å². The molecule has 0 atom stereocenters. The first-order valence-electron chi connectivity index (χ1n) is 7.01. The third kappa shape index (κ3) is 4.95. The highest BCUT2D eigenvalue weighted by atomic mass is 35.5. The highest BCUT2D eigenvalue weighted by Gasteiger charge is 2.25. The summed E-state index contributed by atoms with van der Waals surface area (Å²) in [6.45, 7) is 9.81. The lowest BCUT2D eigenvalue weighted by Gasteiger charge is -2.27. The Morgan fingerprint density at radius 3 is 1.90 bits per heavy atom. The Morgan fingerprint density at radius 2 is 1.52 bits per heavy atom. The molecule has 21 heavy (non-hydrogen) atoms. The van der Waals surface area contributed by atoms with Gasteiger partial charge in [0.2, 0.25) is 10.0 Å². The molecule has 6 heteroatoms. The minimum Gasteiger partial charge on any atom is -0.324 e. The second kappa shape index (κ2) is 7.58. The van der Waals surface area contributed by atoms with Gasteiger partial charge in [-0.15, -0.1) is 12.4 Å². The van der Waals surface area contributed by atoms with Gasteiger partial charge < -0.3 is 5.73 Å². The number of aryl methyl sites for hydroxylation is 3. The number of sulfonamides is 1. The van der Waals surface area contributed by atoms with Crippen LogP contribution in [-0.4, -0.2) is 20.5 Å². The predicted octanol–water partition coefficient (Wildman–Crippen LogP) is 2.83.